The largest absolute Gasteiger partial charge is 0.0701 e. The molecule has 2 aromatic rings. The normalized spacial score (nSPS) is 37.5. The molecular weight excluding hydrogens is 264 g/mol. The van der Waals surface area contributed by atoms with Crippen LogP contribution in [0.2, 0.25) is 0 Å². The fourth-order valence-corrected chi connectivity index (χ4v) is 5.15. The van der Waals surface area contributed by atoms with Crippen molar-refractivity contribution in [3.8, 4) is 0 Å². The van der Waals surface area contributed by atoms with Gasteiger partial charge in [-0.05, 0) is 39.5 Å². The van der Waals surface area contributed by atoms with Crippen molar-refractivity contribution in [1.29, 1.82) is 0 Å². The second-order valence-electron chi connectivity index (χ2n) is 7.45. The van der Waals surface area contributed by atoms with E-state index < -0.39 is 0 Å². The molecule has 0 amide bonds. The van der Waals surface area contributed by atoms with Gasteiger partial charge in [-0.2, -0.15) is 0 Å². The maximum atomic E-state index is 2.54. The van der Waals surface area contributed by atoms with E-state index in [2.05, 4.69) is 86.7 Å². The van der Waals surface area contributed by atoms with Crippen LogP contribution in [0.3, 0.4) is 0 Å². The number of rotatable bonds is 2. The minimum Gasteiger partial charge on any atom is -0.0701 e. The Balaban J connectivity index is 1.61. The predicted octanol–water partition coefficient (Wildman–Crippen LogP) is 5.44. The molecule has 0 aromatic heterocycles. The second-order valence-corrected chi connectivity index (χ2v) is 7.45. The van der Waals surface area contributed by atoms with Gasteiger partial charge in [-0.25, -0.2) is 0 Å². The Hall–Kier alpha value is -2.08. The first-order valence-electron chi connectivity index (χ1n) is 8.21. The maximum absolute atomic E-state index is 2.54. The van der Waals surface area contributed by atoms with E-state index in [9.17, 15) is 0 Å². The van der Waals surface area contributed by atoms with Gasteiger partial charge in [0.05, 0.1) is 0 Å². The van der Waals surface area contributed by atoms with Crippen molar-refractivity contribution in [2.24, 2.45) is 22.7 Å². The van der Waals surface area contributed by atoms with Crippen molar-refractivity contribution in [2.45, 2.75) is 13.8 Å². The molecule has 2 unspecified atom stereocenters. The molecule has 0 aliphatic heterocycles. The Morgan fingerprint density at radius 2 is 1.05 bits per heavy atom. The highest BCUT2D eigenvalue weighted by atomic mass is 14.8. The Morgan fingerprint density at radius 1 is 0.636 bits per heavy atom. The lowest BCUT2D eigenvalue weighted by molar-refractivity contribution is 0.333. The van der Waals surface area contributed by atoms with E-state index in [4.69, 9.17) is 0 Å². The molecule has 0 nitrogen and oxygen atoms in total. The van der Waals surface area contributed by atoms with Crippen LogP contribution in [0.4, 0.5) is 0 Å². The lowest BCUT2D eigenvalue weighted by atomic mass is 9.79. The van der Waals surface area contributed by atoms with E-state index in [0.717, 1.165) is 0 Å². The highest BCUT2D eigenvalue weighted by Crippen LogP contribution is 2.83. The van der Waals surface area contributed by atoms with Crippen LogP contribution in [0.25, 0.3) is 11.1 Å². The summed E-state index contributed by atoms with van der Waals surface area (Å²) in [6.07, 6.45) is 5.08. The van der Waals surface area contributed by atoms with Crippen LogP contribution in [-0.2, 0) is 0 Å². The first-order chi connectivity index (χ1) is 10.7. The number of benzene rings is 2. The molecule has 3 aliphatic rings. The van der Waals surface area contributed by atoms with Crippen LogP contribution in [-0.4, -0.2) is 0 Å². The van der Waals surface area contributed by atoms with Crippen molar-refractivity contribution in [1.82, 2.24) is 0 Å². The molecule has 1 saturated carbocycles. The molecule has 0 heteroatoms. The van der Waals surface area contributed by atoms with Gasteiger partial charge in [0.2, 0.25) is 0 Å². The molecule has 0 bridgehead atoms. The Labute approximate surface area is 132 Å². The van der Waals surface area contributed by atoms with Gasteiger partial charge in [0.15, 0.2) is 0 Å². The predicted molar refractivity (Wildman–Crippen MR) is 92.0 cm³/mol. The molecule has 2 aromatic carbocycles. The third kappa shape index (κ3) is 1.30. The summed E-state index contributed by atoms with van der Waals surface area (Å²) < 4.78 is 0. The molecule has 1 fully saturated rings. The van der Waals surface area contributed by atoms with Gasteiger partial charge in [0, 0.05) is 5.41 Å². The van der Waals surface area contributed by atoms with E-state index in [0.29, 0.717) is 17.3 Å². The maximum Gasteiger partial charge on any atom is 0.0111 e. The Bertz CT molecular complexity index is 744. The number of hydrogen-bond donors (Lipinski definition) is 0. The van der Waals surface area contributed by atoms with Crippen LogP contribution >= 0.6 is 0 Å². The number of hydrogen-bond acceptors (Lipinski definition) is 0. The SMILES string of the molecule is CC12C=C(c3ccccc3)C3C(C(c4ccccc4)=C1)C32C. The first kappa shape index (κ1) is 12.5. The fourth-order valence-electron chi connectivity index (χ4n) is 5.15. The molecule has 0 heterocycles. The van der Waals surface area contributed by atoms with E-state index in [1.807, 2.05) is 0 Å². The summed E-state index contributed by atoms with van der Waals surface area (Å²) in [7, 11) is 0. The van der Waals surface area contributed by atoms with E-state index in [-0.39, 0.29) is 5.41 Å². The lowest BCUT2D eigenvalue weighted by Gasteiger charge is -2.24. The molecule has 0 N–H and O–H groups in total. The van der Waals surface area contributed by atoms with E-state index in [1.165, 1.54) is 11.1 Å². The molecule has 2 atom stereocenters. The molecule has 22 heavy (non-hydrogen) atoms. The standard InChI is InChI=1S/C22H20/c1-21-13-17(15-9-5-3-6-10-15)19-20(22(19,21)2)18(14-21)16-11-7-4-8-12-16/h3-14,19-20H,1-2H3. The topological polar surface area (TPSA) is 0 Å². The Kier molecular flexibility index (Phi) is 2.16. The van der Waals surface area contributed by atoms with Gasteiger partial charge in [0.1, 0.15) is 0 Å². The van der Waals surface area contributed by atoms with E-state index >= 15 is 0 Å². The van der Waals surface area contributed by atoms with Crippen LogP contribution in [0.15, 0.2) is 72.8 Å². The summed E-state index contributed by atoms with van der Waals surface area (Å²) >= 11 is 0. The molecule has 3 aliphatic carbocycles. The molecular formula is C22H20. The number of allylic oxidation sites excluding steroid dienone is 4. The first-order valence-corrected chi connectivity index (χ1v) is 8.21. The van der Waals surface area contributed by atoms with Crippen molar-refractivity contribution in [3.63, 3.8) is 0 Å². The lowest BCUT2D eigenvalue weighted by Crippen LogP contribution is -2.18. The highest BCUT2D eigenvalue weighted by molar-refractivity contribution is 5.89. The summed E-state index contributed by atoms with van der Waals surface area (Å²) in [6, 6.07) is 21.9. The van der Waals surface area contributed by atoms with E-state index in [1.54, 1.807) is 11.1 Å². The van der Waals surface area contributed by atoms with Crippen LogP contribution in [0.1, 0.15) is 25.0 Å². The summed E-state index contributed by atoms with van der Waals surface area (Å²) in [5, 5.41) is 0. The zero-order chi connectivity index (χ0) is 14.9. The minimum atomic E-state index is 0.207. The van der Waals surface area contributed by atoms with Crippen LogP contribution in [0.5, 0.6) is 0 Å². The summed E-state index contributed by atoms with van der Waals surface area (Å²) in [6.45, 7) is 4.91. The van der Waals surface area contributed by atoms with Gasteiger partial charge in [-0.1, -0.05) is 86.7 Å². The van der Waals surface area contributed by atoms with Gasteiger partial charge < -0.3 is 0 Å². The average molecular weight is 284 g/mol. The molecule has 0 spiro atoms. The molecule has 5 rings (SSSR count). The van der Waals surface area contributed by atoms with Crippen LogP contribution in [0, 0.1) is 22.7 Å². The van der Waals surface area contributed by atoms with Gasteiger partial charge in [-0.3, -0.25) is 0 Å². The fraction of sp³-hybridized carbons (Fsp3) is 0.273. The smallest absolute Gasteiger partial charge is 0.0111 e. The minimum absolute atomic E-state index is 0.207. The molecule has 0 radical (unpaired) electrons. The number of fused-ring (bicyclic) bond motifs is 1. The van der Waals surface area contributed by atoms with Gasteiger partial charge in [0.25, 0.3) is 0 Å². The monoisotopic (exact) mass is 284 g/mol. The van der Waals surface area contributed by atoms with Gasteiger partial charge >= 0.3 is 0 Å². The van der Waals surface area contributed by atoms with Crippen molar-refractivity contribution in [2.75, 3.05) is 0 Å². The van der Waals surface area contributed by atoms with Crippen molar-refractivity contribution < 1.29 is 0 Å². The summed E-state index contributed by atoms with van der Waals surface area (Å²) in [5.74, 6) is 1.39. The quantitative estimate of drug-likeness (QED) is 0.689. The van der Waals surface area contributed by atoms with Crippen molar-refractivity contribution >= 4 is 11.1 Å². The summed E-state index contributed by atoms with van der Waals surface area (Å²) in [5.41, 5.74) is 6.55. The second kappa shape index (κ2) is 3.81. The van der Waals surface area contributed by atoms with Crippen LogP contribution < -0.4 is 0 Å². The molecule has 0 saturated heterocycles. The third-order valence-corrected chi connectivity index (χ3v) is 6.47. The third-order valence-electron chi connectivity index (χ3n) is 6.47. The van der Waals surface area contributed by atoms with Crippen molar-refractivity contribution in [3.05, 3.63) is 83.9 Å². The average Bonchev–Trinajstić information content (AvgIpc) is 3.08. The highest BCUT2D eigenvalue weighted by Gasteiger charge is 2.76. The summed E-state index contributed by atoms with van der Waals surface area (Å²) in [4.78, 5) is 0. The Morgan fingerprint density at radius 3 is 1.41 bits per heavy atom. The zero-order valence-corrected chi connectivity index (χ0v) is 13.1. The van der Waals surface area contributed by atoms with Gasteiger partial charge in [-0.15, -0.1) is 0 Å². The zero-order valence-electron chi connectivity index (χ0n) is 13.1. The molecule has 108 valence electrons.